The largest absolute Gasteiger partial charge is 0.384 e. The molecule has 0 aliphatic heterocycles. The fourth-order valence-corrected chi connectivity index (χ4v) is 1.15. The van der Waals surface area contributed by atoms with Gasteiger partial charge in [0.05, 0.1) is 12.0 Å². The van der Waals surface area contributed by atoms with Crippen molar-refractivity contribution in [1.29, 1.82) is 5.26 Å². The van der Waals surface area contributed by atoms with Crippen LogP contribution in [0.25, 0.3) is 0 Å². The van der Waals surface area contributed by atoms with Gasteiger partial charge in [-0.2, -0.15) is 5.26 Å². The fourth-order valence-electron chi connectivity index (χ4n) is 1.15. The molecule has 0 saturated heterocycles. The first kappa shape index (κ1) is 9.76. The topological polar surface area (TPSA) is 44.0 Å². The number of benzene rings is 1. The first-order valence-corrected chi connectivity index (χ1v) is 4.26. The van der Waals surface area contributed by atoms with E-state index in [1.54, 1.807) is 13.8 Å². The molecule has 0 bridgehead atoms. The number of nitriles is 1. The second kappa shape index (κ2) is 3.59. The molecule has 0 spiro atoms. The first-order chi connectivity index (χ1) is 6.09. The quantitative estimate of drug-likeness (QED) is 0.747. The van der Waals surface area contributed by atoms with Gasteiger partial charge < -0.3 is 5.11 Å². The Bertz CT molecular complexity index is 311. The van der Waals surface area contributed by atoms with E-state index in [1.807, 2.05) is 30.3 Å². The van der Waals surface area contributed by atoms with Crippen molar-refractivity contribution in [1.82, 2.24) is 0 Å². The molecule has 1 aromatic rings. The number of hydrogen-bond donors (Lipinski definition) is 1. The normalized spacial score (nSPS) is 17.1. The summed E-state index contributed by atoms with van der Waals surface area (Å²) in [6.07, 6.45) is 0. The molecule has 68 valence electrons. The van der Waals surface area contributed by atoms with Crippen molar-refractivity contribution in [2.75, 3.05) is 0 Å². The minimum Gasteiger partial charge on any atom is -0.384 e. The number of nitrogens with zero attached hydrogens (tertiary/aromatic N) is 1. The number of aliphatic hydroxyl groups is 1. The van der Waals surface area contributed by atoms with Gasteiger partial charge in [0.1, 0.15) is 5.60 Å². The Hall–Kier alpha value is -1.33. The lowest BCUT2D eigenvalue weighted by Crippen LogP contribution is -2.28. The first-order valence-electron chi connectivity index (χ1n) is 4.26. The van der Waals surface area contributed by atoms with E-state index in [1.165, 1.54) is 0 Å². The second-order valence-corrected chi connectivity index (χ2v) is 3.36. The van der Waals surface area contributed by atoms with Crippen LogP contribution in [0.5, 0.6) is 0 Å². The predicted molar refractivity (Wildman–Crippen MR) is 50.8 cm³/mol. The Labute approximate surface area is 78.4 Å². The van der Waals surface area contributed by atoms with Gasteiger partial charge in [0.2, 0.25) is 0 Å². The second-order valence-electron chi connectivity index (χ2n) is 3.36. The van der Waals surface area contributed by atoms with Crippen LogP contribution in [0, 0.1) is 17.2 Å². The molecule has 2 heteroatoms. The van der Waals surface area contributed by atoms with E-state index < -0.39 is 11.5 Å². The van der Waals surface area contributed by atoms with Gasteiger partial charge in [0.25, 0.3) is 0 Å². The highest BCUT2D eigenvalue weighted by Gasteiger charge is 2.29. The zero-order chi connectivity index (χ0) is 9.90. The fraction of sp³-hybridized carbons (Fsp3) is 0.364. The van der Waals surface area contributed by atoms with Gasteiger partial charge in [-0.05, 0) is 19.4 Å². The van der Waals surface area contributed by atoms with Crippen molar-refractivity contribution in [3.05, 3.63) is 35.9 Å². The van der Waals surface area contributed by atoms with Crippen LogP contribution in [-0.2, 0) is 5.60 Å². The number of rotatable bonds is 2. The van der Waals surface area contributed by atoms with Crippen LogP contribution < -0.4 is 0 Å². The molecular formula is C11H13NO. The molecule has 0 aromatic heterocycles. The van der Waals surface area contributed by atoms with Crippen LogP contribution in [-0.4, -0.2) is 5.11 Å². The Morgan fingerprint density at radius 1 is 1.38 bits per heavy atom. The van der Waals surface area contributed by atoms with Crippen molar-refractivity contribution in [2.45, 2.75) is 19.4 Å². The maximum atomic E-state index is 10.0. The van der Waals surface area contributed by atoms with Crippen LogP contribution >= 0.6 is 0 Å². The van der Waals surface area contributed by atoms with Crippen molar-refractivity contribution < 1.29 is 5.11 Å². The zero-order valence-electron chi connectivity index (χ0n) is 7.86. The average Bonchev–Trinajstić information content (AvgIpc) is 2.18. The monoisotopic (exact) mass is 175 g/mol. The van der Waals surface area contributed by atoms with E-state index in [0.29, 0.717) is 0 Å². The average molecular weight is 175 g/mol. The lowest BCUT2D eigenvalue weighted by atomic mass is 9.85. The Balaban J connectivity index is 3.02. The molecule has 1 N–H and O–H groups in total. The van der Waals surface area contributed by atoms with Gasteiger partial charge in [0.15, 0.2) is 0 Å². The highest BCUT2D eigenvalue weighted by molar-refractivity contribution is 5.23. The molecule has 2 nitrogen and oxygen atoms in total. The lowest BCUT2D eigenvalue weighted by Gasteiger charge is -2.26. The molecule has 0 saturated carbocycles. The van der Waals surface area contributed by atoms with E-state index >= 15 is 0 Å². The summed E-state index contributed by atoms with van der Waals surface area (Å²) in [6.45, 7) is 3.38. The van der Waals surface area contributed by atoms with E-state index in [4.69, 9.17) is 5.26 Å². The van der Waals surface area contributed by atoms with E-state index in [2.05, 4.69) is 6.07 Å². The molecule has 0 heterocycles. The summed E-state index contributed by atoms with van der Waals surface area (Å²) in [7, 11) is 0. The van der Waals surface area contributed by atoms with Gasteiger partial charge >= 0.3 is 0 Å². The van der Waals surface area contributed by atoms with Crippen molar-refractivity contribution in [2.24, 2.45) is 5.92 Å². The minimum atomic E-state index is -1.06. The van der Waals surface area contributed by atoms with Gasteiger partial charge in [0, 0.05) is 0 Å². The standard InChI is InChI=1S/C11H13NO/c1-9(8-12)11(2,13)10-6-4-3-5-7-10/h3-7,9,13H,1-2H3/t9-,11-/m0/s1. The summed E-state index contributed by atoms with van der Waals surface area (Å²) in [5.74, 6) is -0.408. The highest BCUT2D eigenvalue weighted by Crippen LogP contribution is 2.28. The van der Waals surface area contributed by atoms with Crippen LogP contribution in [0.1, 0.15) is 19.4 Å². The van der Waals surface area contributed by atoms with Gasteiger partial charge in [-0.15, -0.1) is 0 Å². The molecule has 0 aliphatic rings. The maximum absolute atomic E-state index is 10.0. The zero-order valence-corrected chi connectivity index (χ0v) is 7.86. The maximum Gasteiger partial charge on any atom is 0.102 e. The molecule has 1 aromatic carbocycles. The molecule has 0 radical (unpaired) electrons. The molecule has 0 unspecified atom stereocenters. The lowest BCUT2D eigenvalue weighted by molar-refractivity contribution is 0.0232. The summed E-state index contributed by atoms with van der Waals surface area (Å²) in [5.41, 5.74) is -0.278. The predicted octanol–water partition coefficient (Wildman–Crippen LogP) is 2.05. The van der Waals surface area contributed by atoms with Gasteiger partial charge in [-0.25, -0.2) is 0 Å². The van der Waals surface area contributed by atoms with E-state index in [-0.39, 0.29) is 0 Å². The van der Waals surface area contributed by atoms with E-state index in [0.717, 1.165) is 5.56 Å². The van der Waals surface area contributed by atoms with Gasteiger partial charge in [-0.1, -0.05) is 30.3 Å². The third kappa shape index (κ3) is 1.88. The molecule has 0 amide bonds. The van der Waals surface area contributed by atoms with Crippen LogP contribution in [0.4, 0.5) is 0 Å². The van der Waals surface area contributed by atoms with Gasteiger partial charge in [-0.3, -0.25) is 0 Å². The molecule has 2 atom stereocenters. The molecule has 1 rings (SSSR count). The Morgan fingerprint density at radius 3 is 2.38 bits per heavy atom. The summed E-state index contributed by atoms with van der Waals surface area (Å²) in [5, 5.41) is 18.8. The molecule has 13 heavy (non-hydrogen) atoms. The van der Waals surface area contributed by atoms with E-state index in [9.17, 15) is 5.11 Å². The summed E-state index contributed by atoms with van der Waals surface area (Å²) in [6, 6.07) is 11.3. The van der Waals surface area contributed by atoms with Crippen LogP contribution in [0.2, 0.25) is 0 Å². The molecule has 0 fully saturated rings. The highest BCUT2D eigenvalue weighted by atomic mass is 16.3. The minimum absolute atomic E-state index is 0.408. The van der Waals surface area contributed by atoms with Crippen molar-refractivity contribution in [3.8, 4) is 6.07 Å². The Kier molecular flexibility index (Phi) is 2.69. The SMILES string of the molecule is C[C@@H](C#N)[C@](C)(O)c1ccccc1. The molecule has 0 aliphatic carbocycles. The van der Waals surface area contributed by atoms with Crippen LogP contribution in [0.15, 0.2) is 30.3 Å². The number of hydrogen-bond acceptors (Lipinski definition) is 2. The van der Waals surface area contributed by atoms with Crippen molar-refractivity contribution >= 4 is 0 Å². The third-order valence-corrected chi connectivity index (χ3v) is 2.40. The summed E-state index contributed by atoms with van der Waals surface area (Å²) >= 11 is 0. The summed E-state index contributed by atoms with van der Waals surface area (Å²) in [4.78, 5) is 0. The third-order valence-electron chi connectivity index (χ3n) is 2.40. The van der Waals surface area contributed by atoms with Crippen LogP contribution in [0.3, 0.4) is 0 Å². The Morgan fingerprint density at radius 2 is 1.92 bits per heavy atom. The molecular weight excluding hydrogens is 162 g/mol. The van der Waals surface area contributed by atoms with Crippen molar-refractivity contribution in [3.63, 3.8) is 0 Å². The summed E-state index contributed by atoms with van der Waals surface area (Å²) < 4.78 is 0. The smallest absolute Gasteiger partial charge is 0.102 e.